The van der Waals surface area contributed by atoms with Gasteiger partial charge in [0, 0.05) is 0 Å². The largest absolute Gasteiger partial charge is 0.106 e. The molecule has 0 heterocycles. The molecule has 0 aromatic heterocycles. The van der Waals surface area contributed by atoms with Crippen molar-refractivity contribution in [3.8, 4) is 0 Å². The van der Waals surface area contributed by atoms with Gasteiger partial charge in [-0.3, -0.25) is 0 Å². The van der Waals surface area contributed by atoms with Gasteiger partial charge in [-0.05, 0) is 43.7 Å². The van der Waals surface area contributed by atoms with Gasteiger partial charge in [-0.25, -0.2) is 0 Å². The van der Waals surface area contributed by atoms with E-state index in [1.54, 1.807) is 0 Å². The van der Waals surface area contributed by atoms with Crippen LogP contribution < -0.4 is 0 Å². The number of hydrogen-bond acceptors (Lipinski definition) is 0. The van der Waals surface area contributed by atoms with Crippen LogP contribution in [0, 0.1) is 5.92 Å². The van der Waals surface area contributed by atoms with Crippen molar-refractivity contribution in [2.45, 2.75) is 54.4 Å². The van der Waals surface area contributed by atoms with Gasteiger partial charge in [0.25, 0.3) is 0 Å². The highest BCUT2D eigenvalue weighted by molar-refractivity contribution is 5.50. The number of rotatable bonds is 3. The Balaban J connectivity index is 0. The van der Waals surface area contributed by atoms with E-state index in [4.69, 9.17) is 0 Å². The van der Waals surface area contributed by atoms with Crippen molar-refractivity contribution in [3.63, 3.8) is 0 Å². The summed E-state index contributed by atoms with van der Waals surface area (Å²) in [5.74, 6) is 1.25. The minimum Gasteiger partial charge on any atom is -0.106 e. The molecule has 0 nitrogen and oxygen atoms in total. The van der Waals surface area contributed by atoms with E-state index in [0.717, 1.165) is 0 Å². The second kappa shape index (κ2) is 13.4. The molecule has 0 atom stereocenters. The van der Waals surface area contributed by atoms with E-state index in [2.05, 4.69) is 97.2 Å². The summed E-state index contributed by atoms with van der Waals surface area (Å²) in [6, 6.07) is 8.80. The monoisotopic (exact) mass is 286 g/mol. The molecule has 0 saturated carbocycles. The molecule has 0 bridgehead atoms. The van der Waals surface area contributed by atoms with Crippen LogP contribution >= 0.6 is 0 Å². The predicted molar refractivity (Wildman–Crippen MR) is 101 cm³/mol. The molecule has 0 N–H and O–H groups in total. The second-order valence-corrected chi connectivity index (χ2v) is 5.79. The summed E-state index contributed by atoms with van der Waals surface area (Å²) >= 11 is 0. The zero-order chi connectivity index (χ0) is 16.8. The highest BCUT2D eigenvalue weighted by Gasteiger charge is 1.96. The quantitative estimate of drug-likeness (QED) is 0.513. The van der Waals surface area contributed by atoms with Gasteiger partial charge in [-0.15, -0.1) is 13.2 Å². The van der Waals surface area contributed by atoms with Crippen LogP contribution in [0.15, 0.2) is 55.1 Å². The molecule has 0 aliphatic carbocycles. The Morgan fingerprint density at radius 1 is 0.952 bits per heavy atom. The third-order valence-electron chi connectivity index (χ3n) is 2.85. The van der Waals surface area contributed by atoms with Gasteiger partial charge in [-0.1, -0.05) is 75.8 Å². The molecule has 0 unspecified atom stereocenters. The smallest absolute Gasteiger partial charge is 0.0219 e. The van der Waals surface area contributed by atoms with Crippen LogP contribution in [0.4, 0.5) is 0 Å². The van der Waals surface area contributed by atoms with Crippen molar-refractivity contribution in [3.05, 3.63) is 66.3 Å². The molecule has 1 aromatic rings. The minimum absolute atomic E-state index is 0.623. The van der Waals surface area contributed by atoms with Gasteiger partial charge in [0.15, 0.2) is 0 Å². The highest BCUT2D eigenvalue weighted by Crippen LogP contribution is 2.15. The maximum absolute atomic E-state index is 3.00. The zero-order valence-corrected chi connectivity index (χ0v) is 15.1. The normalized spacial score (nSPS) is 9.76. The molecule has 1 rings (SSSR count). The van der Waals surface area contributed by atoms with E-state index >= 15 is 0 Å². The van der Waals surface area contributed by atoms with Crippen LogP contribution in [0.2, 0.25) is 0 Å². The molecular weight excluding hydrogens is 252 g/mol. The average Bonchev–Trinajstić information content (AvgIpc) is 2.48. The third-order valence-corrected chi connectivity index (χ3v) is 2.85. The second-order valence-electron chi connectivity index (χ2n) is 5.79. The molecule has 0 spiro atoms. The maximum Gasteiger partial charge on any atom is -0.0219 e. The van der Waals surface area contributed by atoms with Gasteiger partial charge in [-0.2, -0.15) is 0 Å². The van der Waals surface area contributed by atoms with E-state index in [1.807, 2.05) is 6.92 Å². The van der Waals surface area contributed by atoms with Crippen LogP contribution in [-0.2, 0) is 0 Å². The SMILES string of the molecule is C=C.CC(C)/C=C/c1ccc(C(C)C)cc1.CC=C(C)C. The number of hydrogen-bond donors (Lipinski definition) is 0. The Labute approximate surface area is 133 Å². The topological polar surface area (TPSA) is 0 Å². The lowest BCUT2D eigenvalue weighted by Gasteiger charge is -2.04. The van der Waals surface area contributed by atoms with Gasteiger partial charge in [0.2, 0.25) is 0 Å². The molecule has 0 radical (unpaired) electrons. The van der Waals surface area contributed by atoms with Crippen molar-refractivity contribution in [1.29, 1.82) is 0 Å². The molecule has 0 aliphatic heterocycles. The van der Waals surface area contributed by atoms with Crippen LogP contribution in [0.25, 0.3) is 6.08 Å². The fraction of sp³-hybridized carbons (Fsp3) is 0.429. The van der Waals surface area contributed by atoms with Gasteiger partial charge in [0.1, 0.15) is 0 Å². The van der Waals surface area contributed by atoms with E-state index in [0.29, 0.717) is 11.8 Å². The predicted octanol–water partition coefficient (Wildman–Crippen LogP) is 7.25. The summed E-state index contributed by atoms with van der Waals surface area (Å²) in [7, 11) is 0. The summed E-state index contributed by atoms with van der Waals surface area (Å²) < 4.78 is 0. The van der Waals surface area contributed by atoms with Crippen LogP contribution in [0.3, 0.4) is 0 Å². The summed E-state index contributed by atoms with van der Waals surface area (Å²) in [4.78, 5) is 0. The molecule has 0 aliphatic rings. The Morgan fingerprint density at radius 3 is 1.67 bits per heavy atom. The Kier molecular flexibility index (Phi) is 13.9. The zero-order valence-electron chi connectivity index (χ0n) is 15.1. The Morgan fingerprint density at radius 2 is 1.38 bits per heavy atom. The summed E-state index contributed by atoms with van der Waals surface area (Å²) in [6.07, 6.45) is 6.50. The van der Waals surface area contributed by atoms with Gasteiger partial charge < -0.3 is 0 Å². The molecule has 1 aromatic carbocycles. The first kappa shape index (κ1) is 21.7. The van der Waals surface area contributed by atoms with Crippen LogP contribution in [0.5, 0.6) is 0 Å². The molecule has 21 heavy (non-hydrogen) atoms. The first-order valence-electron chi connectivity index (χ1n) is 7.74. The lowest BCUT2D eigenvalue weighted by Crippen LogP contribution is -1.86. The first-order chi connectivity index (χ1) is 9.86. The number of benzene rings is 1. The number of allylic oxidation sites excluding steroid dienone is 3. The van der Waals surface area contributed by atoms with Crippen molar-refractivity contribution in [2.24, 2.45) is 5.92 Å². The fourth-order valence-electron chi connectivity index (χ4n) is 1.30. The first-order valence-corrected chi connectivity index (χ1v) is 7.74. The fourth-order valence-corrected chi connectivity index (χ4v) is 1.30. The Bertz CT molecular complexity index is 398. The van der Waals surface area contributed by atoms with E-state index in [1.165, 1.54) is 16.7 Å². The van der Waals surface area contributed by atoms with Crippen LogP contribution in [0.1, 0.15) is 65.5 Å². The minimum atomic E-state index is 0.623. The van der Waals surface area contributed by atoms with Crippen LogP contribution in [-0.4, -0.2) is 0 Å². The summed E-state index contributed by atoms with van der Waals surface area (Å²) in [6.45, 7) is 21.0. The standard InChI is InChI=1S/C14H20.C5H10.C2H4/c1-11(2)5-6-13-7-9-14(10-8-13)12(3)4;1-4-5(2)3;1-2/h5-12H,1-4H3;4H,1-3H3;1-2H2/b6-5+;;. The highest BCUT2D eigenvalue weighted by atomic mass is 14.0. The molecular formula is C21H34. The molecule has 0 saturated heterocycles. The van der Waals surface area contributed by atoms with Crippen molar-refractivity contribution in [2.75, 3.05) is 0 Å². The lowest BCUT2D eigenvalue weighted by atomic mass is 10.0. The van der Waals surface area contributed by atoms with E-state index in [9.17, 15) is 0 Å². The summed E-state index contributed by atoms with van der Waals surface area (Å²) in [5.41, 5.74) is 4.08. The molecule has 0 heteroatoms. The molecule has 0 amide bonds. The molecule has 118 valence electrons. The maximum atomic E-state index is 3.00. The van der Waals surface area contributed by atoms with Crippen molar-refractivity contribution in [1.82, 2.24) is 0 Å². The Hall–Kier alpha value is -1.56. The lowest BCUT2D eigenvalue weighted by molar-refractivity contribution is 0.836. The van der Waals surface area contributed by atoms with E-state index < -0.39 is 0 Å². The van der Waals surface area contributed by atoms with E-state index in [-0.39, 0.29) is 0 Å². The third kappa shape index (κ3) is 13.2. The molecule has 0 fully saturated rings. The summed E-state index contributed by atoms with van der Waals surface area (Å²) in [5, 5.41) is 0. The van der Waals surface area contributed by atoms with Crippen molar-refractivity contribution < 1.29 is 0 Å². The van der Waals surface area contributed by atoms with Gasteiger partial charge in [0.05, 0.1) is 0 Å². The average molecular weight is 287 g/mol. The van der Waals surface area contributed by atoms with Gasteiger partial charge >= 0.3 is 0 Å². The van der Waals surface area contributed by atoms with Crippen molar-refractivity contribution >= 4 is 6.08 Å².